The van der Waals surface area contributed by atoms with Crippen molar-refractivity contribution < 1.29 is 4.79 Å². The molecule has 2 N–H and O–H groups in total. The van der Waals surface area contributed by atoms with E-state index in [9.17, 15) is 4.79 Å². The molecule has 2 heterocycles. The van der Waals surface area contributed by atoms with Crippen LogP contribution in [0.1, 0.15) is 36.2 Å². The van der Waals surface area contributed by atoms with Crippen molar-refractivity contribution in [2.45, 2.75) is 32.1 Å². The number of aromatic nitrogens is 2. The van der Waals surface area contributed by atoms with Gasteiger partial charge in [-0.2, -0.15) is 0 Å². The Morgan fingerprint density at radius 1 is 1.33 bits per heavy atom. The summed E-state index contributed by atoms with van der Waals surface area (Å²) in [7, 11) is 0. The van der Waals surface area contributed by atoms with Crippen molar-refractivity contribution in [1.29, 1.82) is 0 Å². The zero-order valence-electron chi connectivity index (χ0n) is 10.8. The largest absolute Gasteiger partial charge is 0.330 e. The van der Waals surface area contributed by atoms with Crippen molar-refractivity contribution in [3.05, 3.63) is 18.2 Å². The Morgan fingerprint density at radius 2 is 2.11 bits per heavy atom. The van der Waals surface area contributed by atoms with E-state index in [1.165, 1.54) is 19.3 Å². The van der Waals surface area contributed by atoms with Crippen LogP contribution < -0.4 is 5.73 Å². The highest BCUT2D eigenvalue weighted by molar-refractivity contribution is 5.78. The SMILES string of the molecule is NCCc1cn(C(=O)CCN2CCCCC2)cn1. The molecule has 1 aliphatic heterocycles. The van der Waals surface area contributed by atoms with Gasteiger partial charge in [-0.15, -0.1) is 0 Å². The van der Waals surface area contributed by atoms with E-state index in [1.807, 2.05) is 0 Å². The number of piperidine rings is 1. The van der Waals surface area contributed by atoms with Crippen molar-refractivity contribution in [2.24, 2.45) is 5.73 Å². The highest BCUT2D eigenvalue weighted by atomic mass is 16.2. The summed E-state index contributed by atoms with van der Waals surface area (Å²) in [5, 5.41) is 0. The minimum atomic E-state index is 0.122. The highest BCUT2D eigenvalue weighted by Gasteiger charge is 2.12. The zero-order chi connectivity index (χ0) is 12.8. The number of likely N-dealkylation sites (tertiary alicyclic amines) is 1. The van der Waals surface area contributed by atoms with Gasteiger partial charge in [0.05, 0.1) is 5.69 Å². The minimum absolute atomic E-state index is 0.122. The van der Waals surface area contributed by atoms with Gasteiger partial charge < -0.3 is 10.6 Å². The van der Waals surface area contributed by atoms with Gasteiger partial charge in [-0.25, -0.2) is 4.98 Å². The number of hydrogen-bond donors (Lipinski definition) is 1. The van der Waals surface area contributed by atoms with E-state index in [0.717, 1.165) is 31.7 Å². The van der Waals surface area contributed by atoms with Crippen molar-refractivity contribution in [3.63, 3.8) is 0 Å². The van der Waals surface area contributed by atoms with E-state index in [-0.39, 0.29) is 5.91 Å². The molecule has 1 aromatic rings. The lowest BCUT2D eigenvalue weighted by Gasteiger charge is -2.25. The number of carbonyl (C=O) groups is 1. The monoisotopic (exact) mass is 250 g/mol. The van der Waals surface area contributed by atoms with Crippen molar-refractivity contribution in [2.75, 3.05) is 26.2 Å². The highest BCUT2D eigenvalue weighted by Crippen LogP contribution is 2.09. The Kier molecular flexibility index (Phi) is 4.90. The van der Waals surface area contributed by atoms with Gasteiger partial charge in [0, 0.05) is 25.6 Å². The smallest absolute Gasteiger partial charge is 0.233 e. The quantitative estimate of drug-likeness (QED) is 0.843. The van der Waals surface area contributed by atoms with Crippen LogP contribution in [0.15, 0.2) is 12.5 Å². The number of hydrogen-bond acceptors (Lipinski definition) is 4. The lowest BCUT2D eigenvalue weighted by molar-refractivity contribution is 0.0878. The van der Waals surface area contributed by atoms with Crippen LogP contribution in [0.3, 0.4) is 0 Å². The third-order valence-electron chi connectivity index (χ3n) is 3.42. The van der Waals surface area contributed by atoms with Crippen LogP contribution in [0.5, 0.6) is 0 Å². The lowest BCUT2D eigenvalue weighted by atomic mass is 10.1. The van der Waals surface area contributed by atoms with Crippen LogP contribution in [-0.2, 0) is 6.42 Å². The maximum Gasteiger partial charge on any atom is 0.233 e. The van der Waals surface area contributed by atoms with E-state index in [4.69, 9.17) is 5.73 Å². The maximum absolute atomic E-state index is 12.0. The minimum Gasteiger partial charge on any atom is -0.330 e. The van der Waals surface area contributed by atoms with Gasteiger partial charge >= 0.3 is 0 Å². The van der Waals surface area contributed by atoms with Gasteiger partial charge in [0.2, 0.25) is 5.91 Å². The molecule has 0 radical (unpaired) electrons. The van der Waals surface area contributed by atoms with Gasteiger partial charge in [-0.1, -0.05) is 6.42 Å². The summed E-state index contributed by atoms with van der Waals surface area (Å²) < 4.78 is 1.59. The molecule has 0 amide bonds. The third-order valence-corrected chi connectivity index (χ3v) is 3.42. The molecule has 0 aromatic carbocycles. The predicted molar refractivity (Wildman–Crippen MR) is 70.5 cm³/mol. The Hall–Kier alpha value is -1.20. The average molecular weight is 250 g/mol. The van der Waals surface area contributed by atoms with Crippen LogP contribution in [0.25, 0.3) is 0 Å². The fraction of sp³-hybridized carbons (Fsp3) is 0.692. The molecule has 1 aliphatic rings. The summed E-state index contributed by atoms with van der Waals surface area (Å²) in [5.41, 5.74) is 6.35. The summed E-state index contributed by atoms with van der Waals surface area (Å²) in [5.74, 6) is 0.122. The molecule has 18 heavy (non-hydrogen) atoms. The molecule has 0 bridgehead atoms. The summed E-state index contributed by atoms with van der Waals surface area (Å²) in [6.07, 6.45) is 8.55. The number of rotatable bonds is 5. The summed E-state index contributed by atoms with van der Waals surface area (Å²) in [6.45, 7) is 3.70. The van der Waals surface area contributed by atoms with Crippen LogP contribution >= 0.6 is 0 Å². The van der Waals surface area contributed by atoms with Crippen LogP contribution in [0.4, 0.5) is 0 Å². The Morgan fingerprint density at radius 3 is 2.83 bits per heavy atom. The molecule has 1 saturated heterocycles. The number of nitrogens with two attached hydrogens (primary N) is 1. The summed E-state index contributed by atoms with van der Waals surface area (Å²) >= 11 is 0. The van der Waals surface area contributed by atoms with Gasteiger partial charge in [-0.05, 0) is 32.5 Å². The van der Waals surface area contributed by atoms with E-state index in [2.05, 4.69) is 9.88 Å². The summed E-state index contributed by atoms with van der Waals surface area (Å²) in [6, 6.07) is 0. The fourth-order valence-electron chi connectivity index (χ4n) is 2.34. The predicted octanol–water partition coefficient (Wildman–Crippen LogP) is 0.900. The van der Waals surface area contributed by atoms with Crippen LogP contribution in [-0.4, -0.2) is 46.5 Å². The molecule has 100 valence electrons. The van der Waals surface area contributed by atoms with Crippen molar-refractivity contribution in [3.8, 4) is 0 Å². The maximum atomic E-state index is 12.0. The van der Waals surface area contributed by atoms with E-state index in [0.29, 0.717) is 13.0 Å². The molecule has 5 heteroatoms. The molecular formula is C13H22N4O. The van der Waals surface area contributed by atoms with Gasteiger partial charge in [0.25, 0.3) is 0 Å². The average Bonchev–Trinajstić information content (AvgIpc) is 2.86. The van der Waals surface area contributed by atoms with Gasteiger partial charge in [0.15, 0.2) is 0 Å². The first-order valence-electron chi connectivity index (χ1n) is 6.78. The van der Waals surface area contributed by atoms with E-state index < -0.39 is 0 Å². The van der Waals surface area contributed by atoms with Crippen molar-refractivity contribution in [1.82, 2.24) is 14.5 Å². The Balaban J connectivity index is 1.79. The molecule has 1 fully saturated rings. The second-order valence-electron chi connectivity index (χ2n) is 4.86. The molecule has 0 aliphatic carbocycles. The van der Waals surface area contributed by atoms with Crippen LogP contribution in [0, 0.1) is 0 Å². The zero-order valence-corrected chi connectivity index (χ0v) is 10.8. The molecule has 0 atom stereocenters. The number of carbonyl (C=O) groups excluding carboxylic acids is 1. The molecule has 0 saturated carbocycles. The van der Waals surface area contributed by atoms with Gasteiger partial charge in [0.1, 0.15) is 6.33 Å². The number of nitrogens with zero attached hydrogens (tertiary/aromatic N) is 3. The molecule has 0 unspecified atom stereocenters. The van der Waals surface area contributed by atoms with Gasteiger partial charge in [-0.3, -0.25) is 9.36 Å². The third kappa shape index (κ3) is 3.65. The molecule has 2 rings (SSSR count). The molecule has 5 nitrogen and oxygen atoms in total. The van der Waals surface area contributed by atoms with E-state index >= 15 is 0 Å². The Bertz CT molecular complexity index is 382. The summed E-state index contributed by atoms with van der Waals surface area (Å²) in [4.78, 5) is 18.5. The van der Waals surface area contributed by atoms with Crippen LogP contribution in [0.2, 0.25) is 0 Å². The fourth-order valence-corrected chi connectivity index (χ4v) is 2.34. The topological polar surface area (TPSA) is 64.2 Å². The molecule has 1 aromatic heterocycles. The molecular weight excluding hydrogens is 228 g/mol. The van der Waals surface area contributed by atoms with Crippen molar-refractivity contribution >= 4 is 5.91 Å². The molecule has 0 spiro atoms. The van der Waals surface area contributed by atoms with E-state index in [1.54, 1.807) is 17.1 Å². The first-order chi connectivity index (χ1) is 8.79. The second-order valence-corrected chi connectivity index (χ2v) is 4.86. The lowest BCUT2D eigenvalue weighted by Crippen LogP contribution is -2.32. The standard InChI is InChI=1S/C13H22N4O/c14-6-4-12-10-17(11-15-12)13(18)5-9-16-7-2-1-3-8-16/h10-11H,1-9,14H2. The number of imidazole rings is 1. The first-order valence-corrected chi connectivity index (χ1v) is 6.78. The normalized spacial score (nSPS) is 16.9. The first kappa shape index (κ1) is 13.2. The second kappa shape index (κ2) is 6.66. The Labute approximate surface area is 108 Å².